The van der Waals surface area contributed by atoms with Crippen molar-refractivity contribution in [3.05, 3.63) is 52.8 Å². The van der Waals surface area contributed by atoms with E-state index in [4.69, 9.17) is 4.98 Å². The molecule has 1 amide bonds. The Balaban J connectivity index is 1.49. The van der Waals surface area contributed by atoms with Crippen LogP contribution in [0.5, 0.6) is 0 Å². The number of fused-ring (bicyclic) bond motifs is 4. The number of hydrogen-bond donors (Lipinski definition) is 2. The molecule has 0 fully saturated rings. The molecule has 5 rings (SSSR count). The maximum Gasteiger partial charge on any atom is 0.221 e. The zero-order valence-electron chi connectivity index (χ0n) is 15.1. The van der Waals surface area contributed by atoms with Gasteiger partial charge in [0.15, 0.2) is 0 Å². The molecule has 0 spiro atoms. The zero-order valence-corrected chi connectivity index (χ0v) is 15.1. The first-order valence-corrected chi connectivity index (χ1v) is 8.88. The van der Waals surface area contributed by atoms with E-state index in [1.165, 1.54) is 6.92 Å². The fourth-order valence-corrected chi connectivity index (χ4v) is 3.28. The van der Waals surface area contributed by atoms with Crippen LogP contribution < -0.4 is 21.4 Å². The number of benzene rings is 1. The highest BCUT2D eigenvalue weighted by atomic mass is 16.1. The van der Waals surface area contributed by atoms with Crippen LogP contribution in [0, 0.1) is 0 Å². The molecule has 8 nitrogen and oxygen atoms in total. The van der Waals surface area contributed by atoms with E-state index < -0.39 is 0 Å². The van der Waals surface area contributed by atoms with Crippen LogP contribution in [0.25, 0.3) is 29.5 Å². The van der Waals surface area contributed by atoms with E-state index >= 15 is 0 Å². The number of aromatic nitrogens is 3. The van der Waals surface area contributed by atoms with Crippen LogP contribution in [0.2, 0.25) is 0 Å². The van der Waals surface area contributed by atoms with Crippen LogP contribution in [0.3, 0.4) is 0 Å². The standard InChI is InChI=1S/C20H17N7O/c1-13(28)22-15-3-2-4-16(10-15)24-26-7-5-14-9-17-20(23-18(14)12-26)19-11-21-6-8-27(19)25-17/h2-7,9-12,24H,8H2,1H3,(H,22,28). The summed E-state index contributed by atoms with van der Waals surface area (Å²) < 4.78 is 1.91. The first-order valence-electron chi connectivity index (χ1n) is 8.88. The third kappa shape index (κ3) is 2.90. The highest BCUT2D eigenvalue weighted by molar-refractivity contribution is 5.89. The summed E-state index contributed by atoms with van der Waals surface area (Å²) in [4.78, 5) is 20.3. The van der Waals surface area contributed by atoms with Gasteiger partial charge in [-0.1, -0.05) is 6.07 Å². The quantitative estimate of drug-likeness (QED) is 0.724. The van der Waals surface area contributed by atoms with Crippen molar-refractivity contribution in [3.63, 3.8) is 0 Å². The van der Waals surface area contributed by atoms with E-state index in [-0.39, 0.29) is 5.91 Å². The summed E-state index contributed by atoms with van der Waals surface area (Å²) in [5.74, 6) is -0.102. The van der Waals surface area contributed by atoms with Gasteiger partial charge in [-0.2, -0.15) is 5.10 Å². The first kappa shape index (κ1) is 16.2. The van der Waals surface area contributed by atoms with Crippen molar-refractivity contribution in [1.82, 2.24) is 19.8 Å². The van der Waals surface area contributed by atoms with E-state index in [9.17, 15) is 4.79 Å². The lowest BCUT2D eigenvalue weighted by Crippen LogP contribution is -2.28. The zero-order chi connectivity index (χ0) is 19.1. The molecular weight excluding hydrogens is 354 g/mol. The SMILES string of the molecule is CC(=O)Nc1cccc(NN2C=Cc3cc4nn5c(c4nc3=C2)=CN=CC5)c1. The summed E-state index contributed by atoms with van der Waals surface area (Å²) in [6.45, 7) is 2.15. The molecule has 3 aromatic rings. The Morgan fingerprint density at radius 3 is 3.00 bits per heavy atom. The minimum atomic E-state index is -0.102. The molecule has 8 heteroatoms. The summed E-state index contributed by atoms with van der Waals surface area (Å²) in [7, 11) is 0. The third-order valence-electron chi connectivity index (χ3n) is 4.49. The third-order valence-corrected chi connectivity index (χ3v) is 4.49. The van der Waals surface area contributed by atoms with Gasteiger partial charge in [-0.25, -0.2) is 4.98 Å². The molecule has 2 aromatic heterocycles. The number of pyridine rings is 1. The molecule has 1 aromatic carbocycles. The maximum atomic E-state index is 11.3. The van der Waals surface area contributed by atoms with Crippen molar-refractivity contribution in [2.45, 2.75) is 13.5 Å². The minimum absolute atomic E-state index is 0.102. The number of hydrazine groups is 1. The molecule has 4 heterocycles. The molecule has 0 saturated carbocycles. The second-order valence-electron chi connectivity index (χ2n) is 6.58. The van der Waals surface area contributed by atoms with Gasteiger partial charge in [-0.05, 0) is 30.3 Å². The number of carbonyl (C=O) groups is 1. The van der Waals surface area contributed by atoms with Crippen molar-refractivity contribution < 1.29 is 4.79 Å². The van der Waals surface area contributed by atoms with Gasteiger partial charge in [-0.3, -0.25) is 24.9 Å². The molecule has 0 aliphatic carbocycles. The highest BCUT2D eigenvalue weighted by Gasteiger charge is 2.12. The highest BCUT2D eigenvalue weighted by Crippen LogP contribution is 2.17. The molecule has 2 aliphatic heterocycles. The summed E-state index contributed by atoms with van der Waals surface area (Å²) >= 11 is 0. The average Bonchev–Trinajstić information content (AvgIpc) is 3.03. The van der Waals surface area contributed by atoms with Gasteiger partial charge in [-0.15, -0.1) is 0 Å². The van der Waals surface area contributed by atoms with Gasteiger partial charge in [0.25, 0.3) is 0 Å². The second kappa shape index (κ2) is 6.34. The van der Waals surface area contributed by atoms with Crippen molar-refractivity contribution in [1.29, 1.82) is 0 Å². The fraction of sp³-hybridized carbons (Fsp3) is 0.100. The van der Waals surface area contributed by atoms with Crippen molar-refractivity contribution in [2.24, 2.45) is 4.99 Å². The number of nitrogens with one attached hydrogen (secondary N) is 2. The van der Waals surface area contributed by atoms with Gasteiger partial charge in [0, 0.05) is 30.6 Å². The lowest BCUT2D eigenvalue weighted by Gasteiger charge is -2.21. The van der Waals surface area contributed by atoms with E-state index in [1.54, 1.807) is 6.20 Å². The number of amides is 1. The maximum absolute atomic E-state index is 11.3. The second-order valence-corrected chi connectivity index (χ2v) is 6.58. The Hall–Kier alpha value is -3.94. The average molecular weight is 371 g/mol. The number of aliphatic imine (C=N–C) groups is 1. The van der Waals surface area contributed by atoms with Crippen LogP contribution >= 0.6 is 0 Å². The topological polar surface area (TPSA) is 87.4 Å². The van der Waals surface area contributed by atoms with E-state index in [2.05, 4.69) is 20.8 Å². The normalized spacial score (nSPS) is 14.1. The van der Waals surface area contributed by atoms with Crippen LogP contribution in [0.15, 0.2) is 41.5 Å². The molecule has 0 radical (unpaired) electrons. The Morgan fingerprint density at radius 2 is 2.11 bits per heavy atom. The van der Waals surface area contributed by atoms with Crippen molar-refractivity contribution in [2.75, 3.05) is 10.7 Å². The van der Waals surface area contributed by atoms with Gasteiger partial charge in [0.2, 0.25) is 5.91 Å². The van der Waals surface area contributed by atoms with Crippen LogP contribution in [-0.2, 0) is 11.3 Å². The summed E-state index contributed by atoms with van der Waals surface area (Å²) in [6, 6.07) is 9.57. The summed E-state index contributed by atoms with van der Waals surface area (Å²) in [5.41, 5.74) is 7.58. The molecule has 138 valence electrons. The van der Waals surface area contributed by atoms with Crippen molar-refractivity contribution >= 4 is 53.0 Å². The number of anilines is 2. The van der Waals surface area contributed by atoms with Gasteiger partial charge < -0.3 is 5.32 Å². The molecular formula is C20H17N7O. The smallest absolute Gasteiger partial charge is 0.221 e. The van der Waals surface area contributed by atoms with E-state index in [0.29, 0.717) is 6.54 Å². The van der Waals surface area contributed by atoms with Gasteiger partial charge in [0.05, 0.1) is 30.0 Å². The number of nitrogens with zero attached hydrogens (tertiary/aromatic N) is 5. The Kier molecular flexibility index (Phi) is 3.68. The Labute approximate surface area is 160 Å². The first-order chi connectivity index (χ1) is 13.7. The lowest BCUT2D eigenvalue weighted by atomic mass is 10.2. The van der Waals surface area contributed by atoms with Crippen LogP contribution in [0.1, 0.15) is 12.5 Å². The van der Waals surface area contributed by atoms with Gasteiger partial charge >= 0.3 is 0 Å². The predicted molar refractivity (Wildman–Crippen MR) is 109 cm³/mol. The number of hydrogen-bond acceptors (Lipinski definition) is 6. The number of rotatable bonds is 3. The molecule has 0 unspecified atom stereocenters. The predicted octanol–water partition coefficient (Wildman–Crippen LogP) is 1.26. The lowest BCUT2D eigenvalue weighted by molar-refractivity contribution is -0.114. The van der Waals surface area contributed by atoms with E-state index in [1.807, 2.05) is 64.7 Å². The Morgan fingerprint density at radius 1 is 1.21 bits per heavy atom. The van der Waals surface area contributed by atoms with Gasteiger partial charge in [0.1, 0.15) is 16.4 Å². The molecule has 2 aliphatic rings. The van der Waals surface area contributed by atoms with Crippen molar-refractivity contribution in [3.8, 4) is 0 Å². The molecule has 0 saturated heterocycles. The van der Waals surface area contributed by atoms with Crippen LogP contribution in [-0.4, -0.2) is 31.9 Å². The summed E-state index contributed by atoms with van der Waals surface area (Å²) in [6.07, 6.45) is 9.46. The molecule has 28 heavy (non-hydrogen) atoms. The Bertz CT molecular complexity index is 1290. The molecule has 2 N–H and O–H groups in total. The fourth-order valence-electron chi connectivity index (χ4n) is 3.28. The monoisotopic (exact) mass is 371 g/mol. The summed E-state index contributed by atoms with van der Waals surface area (Å²) in [5, 5.41) is 11.0. The minimum Gasteiger partial charge on any atom is -0.326 e. The molecule has 0 atom stereocenters. The largest absolute Gasteiger partial charge is 0.326 e. The van der Waals surface area contributed by atoms with Crippen LogP contribution in [0.4, 0.5) is 11.4 Å². The van der Waals surface area contributed by atoms with E-state index in [0.717, 1.165) is 38.7 Å². The molecule has 0 bridgehead atoms. The number of carbonyl (C=O) groups excluding carboxylic acids is 1.